The van der Waals surface area contributed by atoms with Crippen molar-refractivity contribution in [2.75, 3.05) is 6.54 Å². The van der Waals surface area contributed by atoms with Crippen molar-refractivity contribution >= 4 is 0 Å². The second-order valence-electron chi connectivity index (χ2n) is 4.25. The molecule has 0 spiro atoms. The second kappa shape index (κ2) is 4.11. The SMILES string of the molecule is Cc1cccc(C)c1CC(C)(O)CN. The molecule has 0 heterocycles. The highest BCUT2D eigenvalue weighted by Gasteiger charge is 2.20. The molecule has 1 atom stereocenters. The molecule has 3 N–H and O–H groups in total. The third-order valence-electron chi connectivity index (χ3n) is 2.64. The molecular formula is C12H19NO. The lowest BCUT2D eigenvalue weighted by Crippen LogP contribution is -2.36. The molecule has 0 aliphatic carbocycles. The van der Waals surface area contributed by atoms with Gasteiger partial charge < -0.3 is 10.8 Å². The van der Waals surface area contributed by atoms with Crippen LogP contribution in [0.2, 0.25) is 0 Å². The minimum absolute atomic E-state index is 0.292. The summed E-state index contributed by atoms with van der Waals surface area (Å²) in [4.78, 5) is 0. The summed E-state index contributed by atoms with van der Waals surface area (Å²) in [5, 5.41) is 9.90. The molecule has 2 nitrogen and oxygen atoms in total. The lowest BCUT2D eigenvalue weighted by Gasteiger charge is -2.23. The van der Waals surface area contributed by atoms with Gasteiger partial charge in [0.2, 0.25) is 0 Å². The predicted molar refractivity (Wildman–Crippen MR) is 59.3 cm³/mol. The zero-order valence-corrected chi connectivity index (χ0v) is 9.17. The molecule has 0 radical (unpaired) electrons. The smallest absolute Gasteiger partial charge is 0.0781 e. The van der Waals surface area contributed by atoms with Crippen LogP contribution >= 0.6 is 0 Å². The summed E-state index contributed by atoms with van der Waals surface area (Å²) < 4.78 is 0. The van der Waals surface area contributed by atoms with Crippen LogP contribution < -0.4 is 5.73 Å². The quantitative estimate of drug-likeness (QED) is 0.765. The van der Waals surface area contributed by atoms with Gasteiger partial charge in [-0.05, 0) is 37.5 Å². The van der Waals surface area contributed by atoms with Crippen LogP contribution in [0.3, 0.4) is 0 Å². The van der Waals surface area contributed by atoms with Gasteiger partial charge in [0, 0.05) is 13.0 Å². The van der Waals surface area contributed by atoms with E-state index in [9.17, 15) is 5.11 Å². The van der Waals surface area contributed by atoms with E-state index in [1.807, 2.05) is 6.07 Å². The fraction of sp³-hybridized carbons (Fsp3) is 0.500. The summed E-state index contributed by atoms with van der Waals surface area (Å²) >= 11 is 0. The zero-order chi connectivity index (χ0) is 10.8. The molecule has 1 rings (SSSR count). The van der Waals surface area contributed by atoms with Gasteiger partial charge in [0.05, 0.1) is 5.60 Å². The highest BCUT2D eigenvalue weighted by Crippen LogP contribution is 2.19. The average molecular weight is 193 g/mol. The zero-order valence-electron chi connectivity index (χ0n) is 9.17. The molecule has 0 fully saturated rings. The molecule has 0 saturated heterocycles. The van der Waals surface area contributed by atoms with Crippen molar-refractivity contribution in [2.45, 2.75) is 32.8 Å². The van der Waals surface area contributed by atoms with Crippen LogP contribution in [0.25, 0.3) is 0 Å². The van der Waals surface area contributed by atoms with E-state index in [0.717, 1.165) is 0 Å². The first kappa shape index (κ1) is 11.2. The van der Waals surface area contributed by atoms with Gasteiger partial charge in [-0.3, -0.25) is 0 Å². The lowest BCUT2D eigenvalue weighted by molar-refractivity contribution is 0.0693. The van der Waals surface area contributed by atoms with E-state index in [0.29, 0.717) is 13.0 Å². The molecule has 1 unspecified atom stereocenters. The van der Waals surface area contributed by atoms with Crippen molar-refractivity contribution in [3.63, 3.8) is 0 Å². The fourth-order valence-corrected chi connectivity index (χ4v) is 1.58. The van der Waals surface area contributed by atoms with Crippen molar-refractivity contribution in [3.8, 4) is 0 Å². The first-order valence-corrected chi connectivity index (χ1v) is 4.94. The van der Waals surface area contributed by atoms with Crippen LogP contribution in [-0.4, -0.2) is 17.3 Å². The summed E-state index contributed by atoms with van der Waals surface area (Å²) in [5.74, 6) is 0. The summed E-state index contributed by atoms with van der Waals surface area (Å²) in [6.07, 6.45) is 0.627. The molecule has 1 aromatic rings. The Balaban J connectivity index is 2.97. The van der Waals surface area contributed by atoms with Gasteiger partial charge in [-0.25, -0.2) is 0 Å². The molecular weight excluding hydrogens is 174 g/mol. The van der Waals surface area contributed by atoms with Crippen LogP contribution in [0.5, 0.6) is 0 Å². The maximum atomic E-state index is 9.90. The Kier molecular flexibility index (Phi) is 3.29. The summed E-state index contributed by atoms with van der Waals surface area (Å²) in [5.41, 5.74) is 8.36. The van der Waals surface area contributed by atoms with Gasteiger partial charge in [0.25, 0.3) is 0 Å². The molecule has 1 aromatic carbocycles. The van der Waals surface area contributed by atoms with Gasteiger partial charge in [-0.1, -0.05) is 18.2 Å². The predicted octanol–water partition coefficient (Wildman–Crippen LogP) is 1.56. The van der Waals surface area contributed by atoms with Crippen molar-refractivity contribution in [1.82, 2.24) is 0 Å². The van der Waals surface area contributed by atoms with Crippen molar-refractivity contribution in [1.29, 1.82) is 0 Å². The molecule has 2 heteroatoms. The maximum Gasteiger partial charge on any atom is 0.0781 e. The van der Waals surface area contributed by atoms with Crippen molar-refractivity contribution in [3.05, 3.63) is 34.9 Å². The van der Waals surface area contributed by atoms with Crippen LogP contribution in [0, 0.1) is 13.8 Å². The molecule has 0 aliphatic rings. The number of nitrogens with two attached hydrogens (primary N) is 1. The van der Waals surface area contributed by atoms with E-state index in [-0.39, 0.29) is 0 Å². The minimum atomic E-state index is -0.795. The molecule has 78 valence electrons. The van der Waals surface area contributed by atoms with Crippen molar-refractivity contribution < 1.29 is 5.11 Å². The number of rotatable bonds is 3. The number of aliphatic hydroxyl groups is 1. The molecule has 0 aromatic heterocycles. The highest BCUT2D eigenvalue weighted by molar-refractivity contribution is 5.34. The third kappa shape index (κ3) is 2.56. The van der Waals surface area contributed by atoms with Gasteiger partial charge in [0.1, 0.15) is 0 Å². The Hall–Kier alpha value is -0.860. The molecule has 0 saturated carbocycles. The molecule has 0 aliphatic heterocycles. The van der Waals surface area contributed by atoms with Crippen LogP contribution in [-0.2, 0) is 6.42 Å². The van der Waals surface area contributed by atoms with Crippen LogP contribution in [0.4, 0.5) is 0 Å². The standard InChI is InChI=1S/C12H19NO/c1-9-5-4-6-10(2)11(9)7-12(3,14)8-13/h4-6,14H,7-8,13H2,1-3H3. The summed E-state index contributed by atoms with van der Waals surface area (Å²) in [6, 6.07) is 6.16. The topological polar surface area (TPSA) is 46.2 Å². The summed E-state index contributed by atoms with van der Waals surface area (Å²) in [6.45, 7) is 6.20. The first-order valence-electron chi connectivity index (χ1n) is 4.94. The van der Waals surface area contributed by atoms with E-state index in [4.69, 9.17) is 5.73 Å². The van der Waals surface area contributed by atoms with E-state index in [1.54, 1.807) is 6.92 Å². The van der Waals surface area contributed by atoms with E-state index in [1.165, 1.54) is 16.7 Å². The normalized spacial score (nSPS) is 15.2. The van der Waals surface area contributed by atoms with Gasteiger partial charge in [-0.2, -0.15) is 0 Å². The molecule has 0 amide bonds. The second-order valence-corrected chi connectivity index (χ2v) is 4.25. The Labute approximate surface area is 85.8 Å². The number of benzene rings is 1. The number of hydrogen-bond acceptors (Lipinski definition) is 2. The largest absolute Gasteiger partial charge is 0.389 e. The Morgan fingerprint density at radius 2 is 1.79 bits per heavy atom. The van der Waals surface area contributed by atoms with E-state index in [2.05, 4.69) is 26.0 Å². The van der Waals surface area contributed by atoms with Gasteiger partial charge in [-0.15, -0.1) is 0 Å². The first-order chi connectivity index (χ1) is 6.46. The number of hydrogen-bond donors (Lipinski definition) is 2. The monoisotopic (exact) mass is 193 g/mol. The molecule has 0 bridgehead atoms. The Bertz CT molecular complexity index is 298. The van der Waals surface area contributed by atoms with Gasteiger partial charge in [0.15, 0.2) is 0 Å². The van der Waals surface area contributed by atoms with E-state index < -0.39 is 5.60 Å². The van der Waals surface area contributed by atoms with E-state index >= 15 is 0 Å². The molecule has 14 heavy (non-hydrogen) atoms. The van der Waals surface area contributed by atoms with Crippen LogP contribution in [0.1, 0.15) is 23.6 Å². The van der Waals surface area contributed by atoms with Crippen molar-refractivity contribution in [2.24, 2.45) is 5.73 Å². The lowest BCUT2D eigenvalue weighted by atomic mass is 9.91. The maximum absolute atomic E-state index is 9.90. The fourth-order valence-electron chi connectivity index (χ4n) is 1.58. The minimum Gasteiger partial charge on any atom is -0.389 e. The average Bonchev–Trinajstić information content (AvgIpc) is 2.12. The number of aryl methyl sites for hydroxylation is 2. The Morgan fingerprint density at radius 1 is 1.29 bits per heavy atom. The Morgan fingerprint density at radius 3 is 2.21 bits per heavy atom. The van der Waals surface area contributed by atoms with Gasteiger partial charge >= 0.3 is 0 Å². The van der Waals surface area contributed by atoms with Crippen LogP contribution in [0.15, 0.2) is 18.2 Å². The highest BCUT2D eigenvalue weighted by atomic mass is 16.3. The third-order valence-corrected chi connectivity index (χ3v) is 2.64. The summed E-state index contributed by atoms with van der Waals surface area (Å²) in [7, 11) is 0.